The number of hydrogen-bond acceptors (Lipinski definition) is 5. The Morgan fingerprint density at radius 2 is 2.11 bits per heavy atom. The van der Waals surface area contributed by atoms with Gasteiger partial charge in [-0.05, 0) is 49.6 Å². The second kappa shape index (κ2) is 8.10. The number of nitrogens with one attached hydrogen (secondary N) is 2. The summed E-state index contributed by atoms with van der Waals surface area (Å²) in [7, 11) is 0. The first-order valence-corrected chi connectivity index (χ1v) is 9.59. The molecule has 0 saturated carbocycles. The predicted octanol–water partition coefficient (Wildman–Crippen LogP) is 2.68. The SMILES string of the molecule is Cc1cc(N2CCOCC2)nc2ccc(NC(=O)NC[C@H]3CCCO3)cc12. The van der Waals surface area contributed by atoms with Gasteiger partial charge in [-0.2, -0.15) is 0 Å². The molecule has 2 saturated heterocycles. The molecule has 1 aromatic heterocycles. The molecule has 4 rings (SSSR count). The van der Waals surface area contributed by atoms with Crippen molar-refractivity contribution in [3.8, 4) is 0 Å². The number of benzene rings is 1. The van der Waals surface area contributed by atoms with E-state index in [2.05, 4.69) is 28.5 Å². The number of urea groups is 1. The van der Waals surface area contributed by atoms with Gasteiger partial charge in [-0.15, -0.1) is 0 Å². The summed E-state index contributed by atoms with van der Waals surface area (Å²) in [5.74, 6) is 0.985. The van der Waals surface area contributed by atoms with Gasteiger partial charge in [-0.1, -0.05) is 0 Å². The van der Waals surface area contributed by atoms with Crippen molar-refractivity contribution >= 4 is 28.4 Å². The smallest absolute Gasteiger partial charge is 0.319 e. The summed E-state index contributed by atoms with van der Waals surface area (Å²) in [6, 6.07) is 7.73. The average molecular weight is 370 g/mol. The van der Waals surface area contributed by atoms with Gasteiger partial charge >= 0.3 is 6.03 Å². The number of aromatic nitrogens is 1. The Labute approximate surface area is 159 Å². The van der Waals surface area contributed by atoms with E-state index in [1.165, 1.54) is 0 Å². The van der Waals surface area contributed by atoms with Gasteiger partial charge in [0, 0.05) is 37.3 Å². The molecule has 2 aliphatic rings. The number of nitrogens with zero attached hydrogens (tertiary/aromatic N) is 2. The molecule has 1 aromatic carbocycles. The van der Waals surface area contributed by atoms with Crippen LogP contribution in [-0.2, 0) is 9.47 Å². The molecule has 0 radical (unpaired) electrons. The van der Waals surface area contributed by atoms with Crippen molar-refractivity contribution in [2.45, 2.75) is 25.9 Å². The van der Waals surface area contributed by atoms with Gasteiger partial charge in [0.25, 0.3) is 0 Å². The number of morpholine rings is 1. The third-order valence-corrected chi connectivity index (χ3v) is 5.11. The minimum absolute atomic E-state index is 0.136. The van der Waals surface area contributed by atoms with E-state index in [0.717, 1.165) is 73.7 Å². The molecule has 3 heterocycles. The van der Waals surface area contributed by atoms with Crippen molar-refractivity contribution < 1.29 is 14.3 Å². The molecule has 0 unspecified atom stereocenters. The molecule has 2 N–H and O–H groups in total. The molecule has 7 nitrogen and oxygen atoms in total. The molecule has 27 heavy (non-hydrogen) atoms. The van der Waals surface area contributed by atoms with Gasteiger partial charge in [-0.25, -0.2) is 9.78 Å². The number of amides is 2. The van der Waals surface area contributed by atoms with Gasteiger partial charge in [0.2, 0.25) is 0 Å². The third-order valence-electron chi connectivity index (χ3n) is 5.11. The Kier molecular flexibility index (Phi) is 5.40. The molecule has 144 valence electrons. The van der Waals surface area contributed by atoms with Gasteiger partial charge in [0.1, 0.15) is 5.82 Å². The first-order valence-electron chi connectivity index (χ1n) is 9.59. The van der Waals surface area contributed by atoms with E-state index in [9.17, 15) is 4.79 Å². The Morgan fingerprint density at radius 1 is 1.26 bits per heavy atom. The molecule has 7 heteroatoms. The highest BCUT2D eigenvalue weighted by atomic mass is 16.5. The van der Waals surface area contributed by atoms with E-state index in [-0.39, 0.29) is 12.1 Å². The van der Waals surface area contributed by atoms with Crippen molar-refractivity contribution in [1.29, 1.82) is 0 Å². The lowest BCUT2D eigenvalue weighted by Crippen LogP contribution is -2.36. The van der Waals surface area contributed by atoms with Crippen molar-refractivity contribution in [1.82, 2.24) is 10.3 Å². The number of hydrogen-bond donors (Lipinski definition) is 2. The van der Waals surface area contributed by atoms with Crippen LogP contribution in [0.25, 0.3) is 10.9 Å². The molecule has 2 aliphatic heterocycles. The standard InChI is InChI=1S/C20H26N4O3/c1-14-11-19(24-6-9-26-10-7-24)23-18-5-4-15(12-17(14)18)22-20(25)21-13-16-3-2-8-27-16/h4-5,11-12,16H,2-3,6-10,13H2,1H3,(H2,21,22,25)/t16-/m1/s1. The fraction of sp³-hybridized carbons (Fsp3) is 0.500. The number of fused-ring (bicyclic) bond motifs is 1. The molecule has 2 fully saturated rings. The number of carbonyl (C=O) groups is 1. The lowest BCUT2D eigenvalue weighted by molar-refractivity contribution is 0.112. The first-order chi connectivity index (χ1) is 13.2. The summed E-state index contributed by atoms with van der Waals surface area (Å²) in [6.07, 6.45) is 2.21. The van der Waals surface area contributed by atoms with Crippen LogP contribution in [0.4, 0.5) is 16.3 Å². The Morgan fingerprint density at radius 3 is 2.89 bits per heavy atom. The van der Waals surface area contributed by atoms with E-state index in [1.54, 1.807) is 0 Å². The van der Waals surface area contributed by atoms with E-state index >= 15 is 0 Å². The fourth-order valence-corrected chi connectivity index (χ4v) is 3.60. The second-order valence-electron chi connectivity index (χ2n) is 7.10. The molecule has 2 aromatic rings. The van der Waals surface area contributed by atoms with Gasteiger partial charge in [0.05, 0.1) is 24.8 Å². The number of rotatable bonds is 4. The summed E-state index contributed by atoms with van der Waals surface area (Å²) < 4.78 is 10.9. The maximum atomic E-state index is 12.1. The van der Waals surface area contributed by atoms with Crippen LogP contribution in [0.2, 0.25) is 0 Å². The highest BCUT2D eigenvalue weighted by Crippen LogP contribution is 2.25. The zero-order valence-electron chi connectivity index (χ0n) is 15.7. The quantitative estimate of drug-likeness (QED) is 0.865. The second-order valence-corrected chi connectivity index (χ2v) is 7.10. The van der Waals surface area contributed by atoms with Crippen molar-refractivity contribution in [3.05, 3.63) is 29.8 Å². The van der Waals surface area contributed by atoms with Crippen molar-refractivity contribution in [2.75, 3.05) is 49.7 Å². The van der Waals surface area contributed by atoms with Crippen LogP contribution in [0.15, 0.2) is 24.3 Å². The molecule has 0 bridgehead atoms. The minimum Gasteiger partial charge on any atom is -0.378 e. The number of ether oxygens (including phenoxy) is 2. The monoisotopic (exact) mass is 370 g/mol. The Balaban J connectivity index is 1.45. The Hall–Kier alpha value is -2.38. The average Bonchev–Trinajstić information content (AvgIpc) is 3.21. The van der Waals surface area contributed by atoms with Crippen LogP contribution in [0, 0.1) is 6.92 Å². The van der Waals surface area contributed by atoms with Crippen LogP contribution in [0.5, 0.6) is 0 Å². The van der Waals surface area contributed by atoms with E-state index in [1.807, 2.05) is 18.2 Å². The molecular formula is C20H26N4O3. The maximum Gasteiger partial charge on any atom is 0.319 e. The van der Waals surface area contributed by atoms with Crippen molar-refractivity contribution in [3.63, 3.8) is 0 Å². The Bertz CT molecular complexity index is 814. The fourth-order valence-electron chi connectivity index (χ4n) is 3.60. The molecule has 0 aliphatic carbocycles. The van der Waals surface area contributed by atoms with Crippen LogP contribution in [-0.4, -0.2) is 56.6 Å². The number of carbonyl (C=O) groups excluding carboxylic acids is 1. The minimum atomic E-state index is -0.208. The molecule has 1 atom stereocenters. The first kappa shape index (κ1) is 18.0. The number of anilines is 2. The zero-order valence-corrected chi connectivity index (χ0v) is 15.7. The van der Waals surface area contributed by atoms with Crippen molar-refractivity contribution in [2.24, 2.45) is 0 Å². The van der Waals surface area contributed by atoms with E-state index in [0.29, 0.717) is 6.54 Å². The molecular weight excluding hydrogens is 344 g/mol. The lowest BCUT2D eigenvalue weighted by atomic mass is 10.1. The highest BCUT2D eigenvalue weighted by molar-refractivity contribution is 5.94. The summed E-state index contributed by atoms with van der Waals surface area (Å²) >= 11 is 0. The predicted molar refractivity (Wildman–Crippen MR) is 106 cm³/mol. The number of pyridine rings is 1. The zero-order chi connectivity index (χ0) is 18.6. The van der Waals surface area contributed by atoms with Crippen LogP contribution >= 0.6 is 0 Å². The van der Waals surface area contributed by atoms with Gasteiger partial charge in [-0.3, -0.25) is 0 Å². The highest BCUT2D eigenvalue weighted by Gasteiger charge is 2.17. The largest absolute Gasteiger partial charge is 0.378 e. The summed E-state index contributed by atoms with van der Waals surface area (Å²) in [6.45, 7) is 6.62. The maximum absolute atomic E-state index is 12.1. The third kappa shape index (κ3) is 4.31. The molecule has 2 amide bonds. The molecule has 0 spiro atoms. The van der Waals surface area contributed by atoms with Gasteiger partial charge < -0.3 is 25.0 Å². The normalized spacial score (nSPS) is 20.0. The van der Waals surface area contributed by atoms with Gasteiger partial charge in [0.15, 0.2) is 0 Å². The van der Waals surface area contributed by atoms with Crippen LogP contribution in [0.1, 0.15) is 18.4 Å². The number of aryl methyl sites for hydroxylation is 1. The summed E-state index contributed by atoms with van der Waals surface area (Å²) in [4.78, 5) is 19.2. The van der Waals surface area contributed by atoms with E-state index in [4.69, 9.17) is 14.5 Å². The summed E-state index contributed by atoms with van der Waals surface area (Å²) in [5.41, 5.74) is 2.84. The van der Waals surface area contributed by atoms with Crippen LogP contribution < -0.4 is 15.5 Å². The summed E-state index contributed by atoms with van der Waals surface area (Å²) in [5, 5.41) is 6.83. The van der Waals surface area contributed by atoms with Crippen LogP contribution in [0.3, 0.4) is 0 Å². The lowest BCUT2D eigenvalue weighted by Gasteiger charge is -2.28. The van der Waals surface area contributed by atoms with E-state index < -0.39 is 0 Å². The topological polar surface area (TPSA) is 75.7 Å².